The second-order valence-corrected chi connectivity index (χ2v) is 9.44. The molecule has 6 nitrogen and oxygen atoms in total. The summed E-state index contributed by atoms with van der Waals surface area (Å²) in [4.78, 5) is 32.3. The minimum absolute atomic E-state index is 0.124. The minimum atomic E-state index is -0.293. The van der Waals surface area contributed by atoms with E-state index in [-0.39, 0.29) is 16.9 Å². The summed E-state index contributed by atoms with van der Waals surface area (Å²) >= 11 is 0. The number of nitrogens with zero attached hydrogens (tertiary/aromatic N) is 2. The number of carbonyl (C=O) groups is 2. The molecule has 0 unspecified atom stereocenters. The first-order chi connectivity index (χ1) is 14.7. The van der Waals surface area contributed by atoms with Gasteiger partial charge in [-0.15, -0.1) is 0 Å². The molecule has 1 saturated carbocycles. The predicted molar refractivity (Wildman–Crippen MR) is 122 cm³/mol. The first-order valence-corrected chi connectivity index (χ1v) is 11.5. The number of rotatable bonds is 11. The number of carbonyl (C=O) groups excluding carboxylic acids is 2. The quantitative estimate of drug-likeness (QED) is 0.286. The lowest BCUT2D eigenvalue weighted by Gasteiger charge is -2.44. The van der Waals surface area contributed by atoms with Crippen molar-refractivity contribution >= 4 is 12.4 Å². The summed E-state index contributed by atoms with van der Waals surface area (Å²) in [5.74, 6) is 0.801. The van der Waals surface area contributed by atoms with Gasteiger partial charge in [0.25, 0.3) is 0 Å². The number of hydrogen-bond acceptors (Lipinski definition) is 5. The topological polar surface area (TPSA) is 59.1 Å². The van der Waals surface area contributed by atoms with Gasteiger partial charge in [-0.2, -0.15) is 5.06 Å². The van der Waals surface area contributed by atoms with Gasteiger partial charge in [0.2, 0.25) is 6.41 Å². The number of hydroxylamine groups is 2. The highest BCUT2D eigenvalue weighted by Crippen LogP contribution is 2.41. The maximum Gasteiger partial charge on any atom is 0.306 e. The van der Waals surface area contributed by atoms with Crippen molar-refractivity contribution in [3.8, 4) is 5.75 Å². The highest BCUT2D eigenvalue weighted by molar-refractivity contribution is 5.70. The molecule has 0 heterocycles. The molecule has 0 spiro atoms. The van der Waals surface area contributed by atoms with Gasteiger partial charge >= 0.3 is 5.97 Å². The van der Waals surface area contributed by atoms with Crippen LogP contribution in [0.5, 0.6) is 5.75 Å². The molecule has 174 valence electrons. The van der Waals surface area contributed by atoms with E-state index < -0.39 is 0 Å². The molecule has 2 rings (SSSR count). The van der Waals surface area contributed by atoms with E-state index in [4.69, 9.17) is 9.57 Å². The van der Waals surface area contributed by atoms with Crippen LogP contribution in [0.1, 0.15) is 71.3 Å². The van der Waals surface area contributed by atoms with Crippen LogP contribution in [0.25, 0.3) is 0 Å². The van der Waals surface area contributed by atoms with Gasteiger partial charge in [-0.1, -0.05) is 52.2 Å². The lowest BCUT2D eigenvalue weighted by Crippen LogP contribution is -2.45. The van der Waals surface area contributed by atoms with Crippen LogP contribution in [0.15, 0.2) is 24.3 Å². The molecule has 1 aliphatic rings. The molecule has 0 radical (unpaired) electrons. The molecule has 0 aromatic heterocycles. The normalized spacial score (nSPS) is 17.8. The lowest BCUT2D eigenvalue weighted by atomic mass is 9.71. The summed E-state index contributed by atoms with van der Waals surface area (Å²) in [6.07, 6.45) is 7.04. The van der Waals surface area contributed by atoms with E-state index in [0.717, 1.165) is 44.9 Å². The van der Waals surface area contributed by atoms with E-state index >= 15 is 0 Å². The average molecular weight is 433 g/mol. The second-order valence-electron chi connectivity index (χ2n) is 9.44. The van der Waals surface area contributed by atoms with Crippen LogP contribution in [0.3, 0.4) is 0 Å². The van der Waals surface area contributed by atoms with E-state index in [1.54, 1.807) is 0 Å². The number of amides is 1. The molecular formula is C25H40N2O4. The first kappa shape index (κ1) is 25.2. The predicted octanol–water partition coefficient (Wildman–Crippen LogP) is 4.78. The number of ether oxygens (including phenoxy) is 1. The molecule has 1 aromatic carbocycles. The van der Waals surface area contributed by atoms with Crippen molar-refractivity contribution in [3.63, 3.8) is 0 Å². The van der Waals surface area contributed by atoms with Crippen molar-refractivity contribution in [2.75, 3.05) is 27.7 Å². The Morgan fingerprint density at radius 1 is 1.23 bits per heavy atom. The zero-order valence-electron chi connectivity index (χ0n) is 20.1. The fourth-order valence-electron chi connectivity index (χ4n) is 5.49. The zero-order valence-corrected chi connectivity index (χ0v) is 20.1. The Hall–Kier alpha value is -2.08. The van der Waals surface area contributed by atoms with E-state index in [9.17, 15) is 9.59 Å². The van der Waals surface area contributed by atoms with Crippen LogP contribution >= 0.6 is 0 Å². The van der Waals surface area contributed by atoms with Crippen molar-refractivity contribution in [2.45, 2.75) is 71.3 Å². The van der Waals surface area contributed by atoms with Gasteiger partial charge in [0.05, 0.1) is 20.1 Å². The lowest BCUT2D eigenvalue weighted by molar-refractivity contribution is -0.155. The number of methoxy groups -OCH3 is 1. The van der Waals surface area contributed by atoms with Crippen LogP contribution in [-0.2, 0) is 19.9 Å². The highest BCUT2D eigenvalue weighted by atomic mass is 16.7. The largest absolute Gasteiger partial charge is 0.469 e. The molecule has 0 bridgehead atoms. The minimum Gasteiger partial charge on any atom is -0.469 e. The third kappa shape index (κ3) is 5.79. The van der Waals surface area contributed by atoms with Crippen molar-refractivity contribution in [1.29, 1.82) is 0 Å². The summed E-state index contributed by atoms with van der Waals surface area (Å²) in [5.41, 5.74) is 0.750. The fraction of sp³-hybridized carbons (Fsp3) is 0.680. The van der Waals surface area contributed by atoms with E-state index in [1.807, 2.05) is 18.2 Å². The number of hydrogen-bond donors (Lipinski definition) is 0. The molecule has 1 aliphatic carbocycles. The van der Waals surface area contributed by atoms with Gasteiger partial charge in [0.15, 0.2) is 5.75 Å². The van der Waals surface area contributed by atoms with E-state index in [0.29, 0.717) is 24.6 Å². The second kappa shape index (κ2) is 11.0. The zero-order chi connectivity index (χ0) is 23.1. The fourth-order valence-corrected chi connectivity index (χ4v) is 5.49. The molecule has 1 atom stereocenters. The Kier molecular flexibility index (Phi) is 8.92. The summed E-state index contributed by atoms with van der Waals surface area (Å²) < 4.78 is 4.93. The molecular weight excluding hydrogens is 392 g/mol. The SMILES string of the molecule is CC[C@@](c1cccc(ON(C=O)CC2(CC(=O)OC)CCCCC2)c1)(C(C)C)N(C)C. The Morgan fingerprint density at radius 3 is 2.42 bits per heavy atom. The molecule has 1 aromatic rings. The Bertz CT molecular complexity index is 718. The van der Waals surface area contributed by atoms with Crippen molar-refractivity contribution < 1.29 is 19.2 Å². The van der Waals surface area contributed by atoms with Crippen LogP contribution < -0.4 is 4.84 Å². The molecule has 0 N–H and O–H groups in total. The average Bonchev–Trinajstić information content (AvgIpc) is 2.74. The van der Waals surface area contributed by atoms with Crippen molar-refractivity contribution in [2.24, 2.45) is 11.3 Å². The van der Waals surface area contributed by atoms with Gasteiger partial charge in [-0.25, -0.2) is 0 Å². The molecule has 0 aliphatic heterocycles. The Morgan fingerprint density at radius 2 is 1.90 bits per heavy atom. The summed E-state index contributed by atoms with van der Waals surface area (Å²) in [6, 6.07) is 8.02. The van der Waals surface area contributed by atoms with Crippen LogP contribution in [0.4, 0.5) is 0 Å². The summed E-state index contributed by atoms with van der Waals surface area (Å²) in [7, 11) is 5.63. The third-order valence-corrected chi connectivity index (χ3v) is 7.12. The molecule has 6 heteroatoms. The number of benzene rings is 1. The molecule has 1 fully saturated rings. The summed E-state index contributed by atoms with van der Waals surface area (Å²) in [6.45, 7) is 7.04. The summed E-state index contributed by atoms with van der Waals surface area (Å²) in [5, 5.41) is 1.35. The van der Waals surface area contributed by atoms with Crippen molar-refractivity contribution in [1.82, 2.24) is 9.96 Å². The van der Waals surface area contributed by atoms with Gasteiger partial charge in [0.1, 0.15) is 0 Å². The monoisotopic (exact) mass is 432 g/mol. The molecule has 31 heavy (non-hydrogen) atoms. The maximum absolute atomic E-state index is 12.1. The van der Waals surface area contributed by atoms with Crippen molar-refractivity contribution in [3.05, 3.63) is 29.8 Å². The molecule has 0 saturated heterocycles. The highest BCUT2D eigenvalue weighted by Gasteiger charge is 2.38. The van der Waals surface area contributed by atoms with Crippen LogP contribution in [0.2, 0.25) is 0 Å². The van der Waals surface area contributed by atoms with E-state index in [1.165, 1.54) is 17.7 Å². The van der Waals surface area contributed by atoms with Gasteiger partial charge in [0, 0.05) is 11.0 Å². The number of esters is 1. The Labute approximate surface area is 187 Å². The first-order valence-electron chi connectivity index (χ1n) is 11.5. The van der Waals surface area contributed by atoms with Crippen LogP contribution in [-0.4, -0.2) is 50.1 Å². The van der Waals surface area contributed by atoms with Gasteiger partial charge in [-0.05, 0) is 57.0 Å². The van der Waals surface area contributed by atoms with E-state index in [2.05, 4.69) is 45.8 Å². The maximum atomic E-state index is 12.1. The standard InChI is InChI=1S/C25H40N2O4/c1-7-25(20(2)3,26(4)5)21-12-11-13-22(16-21)31-27(19-28)18-24(17-23(29)30-6)14-9-8-10-15-24/h11-13,16,19-20H,7-10,14-15,17-18H2,1-6H3/t25-/m0/s1. The van der Waals surface area contributed by atoms with Gasteiger partial charge < -0.3 is 9.57 Å². The molecule has 1 amide bonds. The Balaban J connectivity index is 2.26. The van der Waals surface area contributed by atoms with Crippen LogP contribution in [0, 0.1) is 11.3 Å². The van der Waals surface area contributed by atoms with Gasteiger partial charge in [-0.3, -0.25) is 14.5 Å². The smallest absolute Gasteiger partial charge is 0.306 e. The third-order valence-electron chi connectivity index (χ3n) is 7.12.